The van der Waals surface area contributed by atoms with Crippen LogP contribution in [-0.4, -0.2) is 15.1 Å². The van der Waals surface area contributed by atoms with Crippen LogP contribution in [0.3, 0.4) is 0 Å². The van der Waals surface area contributed by atoms with Crippen molar-refractivity contribution in [1.29, 1.82) is 0 Å². The average molecular weight is 342 g/mol. The fourth-order valence-corrected chi connectivity index (χ4v) is 3.06. The molecule has 0 spiro atoms. The van der Waals surface area contributed by atoms with Crippen LogP contribution in [-0.2, 0) is 6.42 Å². The standard InChI is InChI=1S/C22H18N2O2/c25-20(14-21-23-19-9-5-4-8-18(19)22(26)24-21)17-12-10-16(11-13-17)15-6-2-1-3-7-15/h1-13,20,25H,14H2,(H,23,24,26). The Hall–Kier alpha value is -3.24. The molecule has 0 amide bonds. The number of para-hydroxylation sites is 1. The number of rotatable bonds is 4. The molecule has 0 radical (unpaired) electrons. The maximum Gasteiger partial charge on any atom is 0.258 e. The van der Waals surface area contributed by atoms with Gasteiger partial charge in [-0.05, 0) is 28.8 Å². The first-order valence-electron chi connectivity index (χ1n) is 8.52. The monoisotopic (exact) mass is 342 g/mol. The molecule has 3 aromatic carbocycles. The van der Waals surface area contributed by atoms with Gasteiger partial charge < -0.3 is 10.1 Å². The van der Waals surface area contributed by atoms with E-state index in [0.29, 0.717) is 16.7 Å². The Bertz CT molecular complexity index is 1090. The van der Waals surface area contributed by atoms with Crippen LogP contribution in [0.25, 0.3) is 22.0 Å². The summed E-state index contributed by atoms with van der Waals surface area (Å²) in [4.78, 5) is 19.4. The summed E-state index contributed by atoms with van der Waals surface area (Å²) in [5.41, 5.74) is 3.48. The molecular weight excluding hydrogens is 324 g/mol. The summed E-state index contributed by atoms with van der Waals surface area (Å²) < 4.78 is 0. The first kappa shape index (κ1) is 16.2. The molecule has 26 heavy (non-hydrogen) atoms. The van der Waals surface area contributed by atoms with Gasteiger partial charge in [-0.3, -0.25) is 4.79 Å². The highest BCUT2D eigenvalue weighted by Crippen LogP contribution is 2.23. The van der Waals surface area contributed by atoms with Crippen LogP contribution in [0.1, 0.15) is 17.5 Å². The number of aliphatic hydroxyl groups excluding tert-OH is 1. The molecule has 0 aliphatic rings. The summed E-state index contributed by atoms with van der Waals surface area (Å²) in [6.45, 7) is 0. The summed E-state index contributed by atoms with van der Waals surface area (Å²) in [6, 6.07) is 25.1. The van der Waals surface area contributed by atoms with Gasteiger partial charge >= 0.3 is 0 Å². The second-order valence-corrected chi connectivity index (χ2v) is 6.24. The van der Waals surface area contributed by atoms with Crippen molar-refractivity contribution in [2.75, 3.05) is 0 Å². The Morgan fingerprint density at radius 2 is 1.50 bits per heavy atom. The van der Waals surface area contributed by atoms with Gasteiger partial charge in [-0.2, -0.15) is 0 Å². The SMILES string of the molecule is O=c1[nH]c(CC(O)c2ccc(-c3ccccc3)cc2)nc2ccccc12. The summed E-state index contributed by atoms with van der Waals surface area (Å²) in [7, 11) is 0. The fourth-order valence-electron chi connectivity index (χ4n) is 3.06. The number of hydrogen-bond donors (Lipinski definition) is 2. The molecule has 1 heterocycles. The van der Waals surface area contributed by atoms with Gasteiger partial charge in [-0.15, -0.1) is 0 Å². The molecule has 0 saturated heterocycles. The summed E-state index contributed by atoms with van der Waals surface area (Å²) >= 11 is 0. The van der Waals surface area contributed by atoms with E-state index in [-0.39, 0.29) is 12.0 Å². The third-order valence-electron chi connectivity index (χ3n) is 4.45. The van der Waals surface area contributed by atoms with Gasteiger partial charge in [-0.25, -0.2) is 4.98 Å². The minimum absolute atomic E-state index is 0.183. The topological polar surface area (TPSA) is 66.0 Å². The van der Waals surface area contributed by atoms with Crippen LogP contribution >= 0.6 is 0 Å². The van der Waals surface area contributed by atoms with E-state index in [4.69, 9.17) is 0 Å². The van der Waals surface area contributed by atoms with Crippen molar-refractivity contribution in [2.45, 2.75) is 12.5 Å². The van der Waals surface area contributed by atoms with E-state index in [2.05, 4.69) is 22.1 Å². The van der Waals surface area contributed by atoms with Crippen LogP contribution in [0.4, 0.5) is 0 Å². The van der Waals surface area contributed by atoms with E-state index >= 15 is 0 Å². The summed E-state index contributed by atoms with van der Waals surface area (Å²) in [5.74, 6) is 0.480. The molecule has 128 valence electrons. The van der Waals surface area contributed by atoms with Gasteiger partial charge in [-0.1, -0.05) is 66.7 Å². The highest BCUT2D eigenvalue weighted by atomic mass is 16.3. The number of fused-ring (bicyclic) bond motifs is 1. The number of aliphatic hydroxyl groups is 1. The molecule has 0 aliphatic carbocycles. The van der Waals surface area contributed by atoms with Gasteiger partial charge in [0.15, 0.2) is 0 Å². The second kappa shape index (κ2) is 6.94. The molecule has 1 aromatic heterocycles. The lowest BCUT2D eigenvalue weighted by Crippen LogP contribution is -2.14. The van der Waals surface area contributed by atoms with E-state index in [1.165, 1.54) is 0 Å². The zero-order chi connectivity index (χ0) is 17.9. The van der Waals surface area contributed by atoms with Crippen molar-refractivity contribution >= 4 is 10.9 Å². The Labute approximate surface area is 150 Å². The number of H-pyrrole nitrogens is 1. The normalized spacial score (nSPS) is 12.2. The number of hydrogen-bond acceptors (Lipinski definition) is 3. The lowest BCUT2D eigenvalue weighted by Gasteiger charge is -2.12. The van der Waals surface area contributed by atoms with Crippen molar-refractivity contribution in [3.63, 3.8) is 0 Å². The van der Waals surface area contributed by atoms with Crippen LogP contribution in [0.2, 0.25) is 0 Å². The van der Waals surface area contributed by atoms with Gasteiger partial charge in [0.05, 0.1) is 17.0 Å². The third kappa shape index (κ3) is 3.27. The third-order valence-corrected chi connectivity index (χ3v) is 4.45. The molecule has 0 fully saturated rings. The first-order chi connectivity index (χ1) is 12.7. The Balaban J connectivity index is 1.57. The number of aromatic amines is 1. The minimum Gasteiger partial charge on any atom is -0.388 e. The highest BCUT2D eigenvalue weighted by Gasteiger charge is 2.12. The van der Waals surface area contributed by atoms with E-state index in [1.54, 1.807) is 12.1 Å². The molecule has 1 atom stereocenters. The van der Waals surface area contributed by atoms with Gasteiger partial charge in [0.1, 0.15) is 5.82 Å². The Morgan fingerprint density at radius 1 is 0.846 bits per heavy atom. The molecule has 2 N–H and O–H groups in total. The van der Waals surface area contributed by atoms with Gasteiger partial charge in [0.25, 0.3) is 5.56 Å². The van der Waals surface area contributed by atoms with Crippen molar-refractivity contribution in [3.05, 3.63) is 101 Å². The van der Waals surface area contributed by atoms with Gasteiger partial charge in [0.2, 0.25) is 0 Å². The summed E-state index contributed by atoms with van der Waals surface area (Å²) in [6.07, 6.45) is -0.478. The van der Waals surface area contributed by atoms with Crippen LogP contribution in [0.15, 0.2) is 83.7 Å². The molecule has 4 rings (SSSR count). The molecule has 4 heteroatoms. The zero-order valence-corrected chi connectivity index (χ0v) is 14.1. The van der Waals surface area contributed by atoms with Crippen molar-refractivity contribution < 1.29 is 5.11 Å². The predicted octanol–water partition coefficient (Wildman–Crippen LogP) is 3.87. The van der Waals surface area contributed by atoms with Crippen LogP contribution in [0.5, 0.6) is 0 Å². The number of nitrogens with zero attached hydrogens (tertiary/aromatic N) is 1. The zero-order valence-electron chi connectivity index (χ0n) is 14.1. The molecule has 1 unspecified atom stereocenters. The van der Waals surface area contributed by atoms with Crippen molar-refractivity contribution in [2.24, 2.45) is 0 Å². The lowest BCUT2D eigenvalue weighted by molar-refractivity contribution is 0.176. The van der Waals surface area contributed by atoms with Crippen molar-refractivity contribution in [3.8, 4) is 11.1 Å². The Morgan fingerprint density at radius 3 is 2.27 bits per heavy atom. The maximum absolute atomic E-state index is 12.1. The Kier molecular flexibility index (Phi) is 4.33. The average Bonchev–Trinajstić information content (AvgIpc) is 2.69. The highest BCUT2D eigenvalue weighted by molar-refractivity contribution is 5.77. The molecule has 0 bridgehead atoms. The molecule has 0 aliphatic heterocycles. The molecule has 4 aromatic rings. The van der Waals surface area contributed by atoms with E-state index in [9.17, 15) is 9.90 Å². The van der Waals surface area contributed by atoms with Crippen LogP contribution in [0, 0.1) is 0 Å². The van der Waals surface area contributed by atoms with Gasteiger partial charge in [0, 0.05) is 6.42 Å². The number of aromatic nitrogens is 2. The smallest absolute Gasteiger partial charge is 0.258 e. The predicted molar refractivity (Wildman–Crippen MR) is 103 cm³/mol. The largest absolute Gasteiger partial charge is 0.388 e. The first-order valence-corrected chi connectivity index (χ1v) is 8.52. The van der Waals surface area contributed by atoms with Crippen LogP contribution < -0.4 is 5.56 Å². The lowest BCUT2D eigenvalue weighted by atomic mass is 10.0. The van der Waals surface area contributed by atoms with Crippen molar-refractivity contribution in [1.82, 2.24) is 9.97 Å². The number of benzene rings is 3. The summed E-state index contributed by atoms with van der Waals surface area (Å²) in [5, 5.41) is 11.1. The molecular formula is C22H18N2O2. The quantitative estimate of drug-likeness (QED) is 0.592. The minimum atomic E-state index is -0.732. The van der Waals surface area contributed by atoms with E-state index < -0.39 is 6.10 Å². The van der Waals surface area contributed by atoms with E-state index in [0.717, 1.165) is 16.7 Å². The second-order valence-electron chi connectivity index (χ2n) is 6.24. The fraction of sp³-hybridized carbons (Fsp3) is 0.0909. The van der Waals surface area contributed by atoms with E-state index in [1.807, 2.05) is 54.6 Å². The number of nitrogens with one attached hydrogen (secondary N) is 1. The molecule has 4 nitrogen and oxygen atoms in total. The molecule has 0 saturated carbocycles. The maximum atomic E-state index is 12.1.